The Balaban J connectivity index is 1.56. The number of ether oxygens (including phenoxy) is 1. The van der Waals surface area contributed by atoms with Gasteiger partial charge in [0.2, 0.25) is 0 Å². The van der Waals surface area contributed by atoms with Crippen LogP contribution in [0.2, 0.25) is 0 Å². The first-order chi connectivity index (χ1) is 12.1. The largest absolute Gasteiger partial charge is 0.492 e. The van der Waals surface area contributed by atoms with Crippen LogP contribution < -0.4 is 10.1 Å². The van der Waals surface area contributed by atoms with Gasteiger partial charge in [0.05, 0.1) is 29.7 Å². The first-order valence-corrected chi connectivity index (χ1v) is 8.23. The normalized spacial score (nSPS) is 10.5. The Labute approximate surface area is 147 Å². The van der Waals surface area contributed by atoms with Gasteiger partial charge in [-0.1, -0.05) is 30.3 Å². The Bertz CT molecular complexity index is 856. The van der Waals surface area contributed by atoms with Gasteiger partial charge in [0.25, 0.3) is 5.91 Å². The Morgan fingerprint density at radius 3 is 2.68 bits per heavy atom. The smallest absolute Gasteiger partial charge is 0.254 e. The second-order valence-corrected chi connectivity index (χ2v) is 5.81. The molecule has 1 N–H and O–H groups in total. The van der Waals surface area contributed by atoms with Crippen molar-refractivity contribution in [2.45, 2.75) is 13.8 Å². The van der Waals surface area contributed by atoms with Gasteiger partial charge < -0.3 is 10.1 Å². The lowest BCUT2D eigenvalue weighted by atomic mass is 10.2. The van der Waals surface area contributed by atoms with Gasteiger partial charge in [-0.2, -0.15) is 5.10 Å². The zero-order valence-electron chi connectivity index (χ0n) is 14.4. The molecule has 0 saturated carbocycles. The summed E-state index contributed by atoms with van der Waals surface area (Å²) >= 11 is 0. The van der Waals surface area contributed by atoms with Crippen molar-refractivity contribution in [2.75, 3.05) is 13.2 Å². The average Bonchev–Trinajstić information content (AvgIpc) is 3.01. The summed E-state index contributed by atoms with van der Waals surface area (Å²) < 4.78 is 7.40. The average molecular weight is 335 g/mol. The molecule has 0 atom stereocenters. The van der Waals surface area contributed by atoms with E-state index in [-0.39, 0.29) is 5.91 Å². The minimum absolute atomic E-state index is 0.146. The number of nitrogens with zero attached hydrogens (tertiary/aromatic N) is 2. The molecule has 0 aliphatic rings. The van der Waals surface area contributed by atoms with Crippen molar-refractivity contribution >= 4 is 5.91 Å². The summed E-state index contributed by atoms with van der Waals surface area (Å²) in [7, 11) is 0. The topological polar surface area (TPSA) is 56.1 Å². The van der Waals surface area contributed by atoms with Crippen molar-refractivity contribution in [3.63, 3.8) is 0 Å². The zero-order chi connectivity index (χ0) is 17.6. The molecule has 128 valence electrons. The highest BCUT2D eigenvalue weighted by atomic mass is 16.5. The maximum Gasteiger partial charge on any atom is 0.254 e. The number of nitrogens with one attached hydrogen (secondary N) is 1. The maximum atomic E-state index is 12.4. The summed E-state index contributed by atoms with van der Waals surface area (Å²) in [5, 5.41) is 7.19. The van der Waals surface area contributed by atoms with Crippen molar-refractivity contribution in [3.8, 4) is 11.4 Å². The highest BCUT2D eigenvalue weighted by Crippen LogP contribution is 2.14. The number of carbonyl (C=O) groups excluding carboxylic acids is 1. The molecule has 2 aromatic carbocycles. The van der Waals surface area contributed by atoms with E-state index in [9.17, 15) is 4.79 Å². The van der Waals surface area contributed by atoms with E-state index in [1.807, 2.05) is 68.4 Å². The van der Waals surface area contributed by atoms with Crippen LogP contribution >= 0.6 is 0 Å². The molecular weight excluding hydrogens is 314 g/mol. The number of carbonyl (C=O) groups is 1. The maximum absolute atomic E-state index is 12.4. The minimum Gasteiger partial charge on any atom is -0.492 e. The van der Waals surface area contributed by atoms with Gasteiger partial charge in [-0.05, 0) is 43.7 Å². The van der Waals surface area contributed by atoms with Crippen LogP contribution in [0, 0.1) is 13.8 Å². The molecule has 3 rings (SSSR count). The van der Waals surface area contributed by atoms with Gasteiger partial charge in [-0.25, -0.2) is 4.68 Å². The Kier molecular flexibility index (Phi) is 5.14. The fourth-order valence-corrected chi connectivity index (χ4v) is 2.60. The standard InChI is InChI=1S/C20H21N3O2/c1-15-7-6-10-18(13-15)25-12-11-21-20(24)19-14-22-23(16(19)2)17-8-4-3-5-9-17/h3-10,13-14H,11-12H2,1-2H3,(H,21,24). The first-order valence-electron chi connectivity index (χ1n) is 8.23. The second-order valence-electron chi connectivity index (χ2n) is 5.81. The molecule has 1 aromatic heterocycles. The van der Waals surface area contributed by atoms with Gasteiger partial charge >= 0.3 is 0 Å². The molecule has 0 unspecified atom stereocenters. The third-order valence-corrected chi connectivity index (χ3v) is 3.90. The number of benzene rings is 2. The van der Waals surface area contributed by atoms with Gasteiger partial charge in [0.15, 0.2) is 0 Å². The molecule has 5 heteroatoms. The Hall–Kier alpha value is -3.08. The number of para-hydroxylation sites is 1. The fraction of sp³-hybridized carbons (Fsp3) is 0.200. The summed E-state index contributed by atoms with van der Waals surface area (Å²) in [5.41, 5.74) is 3.45. The molecule has 1 heterocycles. The third kappa shape index (κ3) is 4.07. The lowest BCUT2D eigenvalue weighted by Crippen LogP contribution is -2.28. The second kappa shape index (κ2) is 7.66. The first kappa shape index (κ1) is 16.8. The Morgan fingerprint density at radius 1 is 1.12 bits per heavy atom. The fourth-order valence-electron chi connectivity index (χ4n) is 2.60. The molecule has 5 nitrogen and oxygen atoms in total. The van der Waals surface area contributed by atoms with E-state index in [1.54, 1.807) is 10.9 Å². The molecule has 0 aliphatic carbocycles. The zero-order valence-corrected chi connectivity index (χ0v) is 14.4. The van der Waals surface area contributed by atoms with Crippen LogP contribution in [-0.2, 0) is 0 Å². The molecule has 0 fully saturated rings. The molecule has 0 radical (unpaired) electrons. The van der Waals surface area contributed by atoms with Crippen LogP contribution in [-0.4, -0.2) is 28.8 Å². The number of rotatable bonds is 6. The van der Waals surface area contributed by atoms with Gasteiger partial charge in [-0.15, -0.1) is 0 Å². The highest BCUT2D eigenvalue weighted by molar-refractivity contribution is 5.95. The van der Waals surface area contributed by atoms with Crippen LogP contribution in [0.4, 0.5) is 0 Å². The summed E-state index contributed by atoms with van der Waals surface area (Å²) in [5.74, 6) is 0.662. The number of amides is 1. The van der Waals surface area contributed by atoms with Crippen LogP contribution in [0.15, 0.2) is 60.8 Å². The number of aromatic nitrogens is 2. The predicted octanol–water partition coefficient (Wildman–Crippen LogP) is 3.30. The monoisotopic (exact) mass is 335 g/mol. The van der Waals surface area contributed by atoms with Crippen LogP contribution in [0.5, 0.6) is 5.75 Å². The molecule has 0 spiro atoms. The summed E-state index contributed by atoms with van der Waals surface area (Å²) in [6, 6.07) is 17.6. The molecule has 1 amide bonds. The molecule has 25 heavy (non-hydrogen) atoms. The highest BCUT2D eigenvalue weighted by Gasteiger charge is 2.14. The van der Waals surface area contributed by atoms with E-state index in [0.717, 1.165) is 22.7 Å². The summed E-state index contributed by atoms with van der Waals surface area (Å²) in [4.78, 5) is 12.4. The van der Waals surface area contributed by atoms with Crippen molar-refractivity contribution in [2.24, 2.45) is 0 Å². The molecule has 0 saturated heterocycles. The van der Waals surface area contributed by atoms with Crippen LogP contribution in [0.25, 0.3) is 5.69 Å². The molecule has 0 aliphatic heterocycles. The lowest BCUT2D eigenvalue weighted by Gasteiger charge is -2.08. The lowest BCUT2D eigenvalue weighted by molar-refractivity contribution is 0.0946. The predicted molar refractivity (Wildman–Crippen MR) is 97.3 cm³/mol. The van der Waals surface area contributed by atoms with E-state index < -0.39 is 0 Å². The van der Waals surface area contributed by atoms with E-state index >= 15 is 0 Å². The van der Waals surface area contributed by atoms with E-state index in [0.29, 0.717) is 18.7 Å². The third-order valence-electron chi connectivity index (χ3n) is 3.90. The van der Waals surface area contributed by atoms with Gasteiger partial charge in [0.1, 0.15) is 12.4 Å². The number of hydrogen-bond donors (Lipinski definition) is 1. The molecule has 0 bridgehead atoms. The molecule has 3 aromatic rings. The van der Waals surface area contributed by atoms with E-state index in [1.165, 1.54) is 0 Å². The number of hydrogen-bond acceptors (Lipinski definition) is 3. The minimum atomic E-state index is -0.146. The summed E-state index contributed by atoms with van der Waals surface area (Å²) in [6.45, 7) is 4.75. The molecular formula is C20H21N3O2. The SMILES string of the molecule is Cc1cccc(OCCNC(=O)c2cnn(-c3ccccc3)c2C)c1. The quantitative estimate of drug-likeness (QED) is 0.703. The van der Waals surface area contributed by atoms with Crippen molar-refractivity contribution in [1.29, 1.82) is 0 Å². The van der Waals surface area contributed by atoms with Crippen molar-refractivity contribution < 1.29 is 9.53 Å². The van der Waals surface area contributed by atoms with Crippen LogP contribution in [0.1, 0.15) is 21.6 Å². The van der Waals surface area contributed by atoms with Crippen molar-refractivity contribution in [3.05, 3.63) is 77.6 Å². The van der Waals surface area contributed by atoms with E-state index in [4.69, 9.17) is 4.74 Å². The number of aryl methyl sites for hydroxylation is 1. The Morgan fingerprint density at radius 2 is 1.92 bits per heavy atom. The van der Waals surface area contributed by atoms with Crippen LogP contribution in [0.3, 0.4) is 0 Å². The van der Waals surface area contributed by atoms with E-state index in [2.05, 4.69) is 10.4 Å². The summed E-state index contributed by atoms with van der Waals surface area (Å²) in [6.07, 6.45) is 1.60. The van der Waals surface area contributed by atoms with Gasteiger partial charge in [-0.3, -0.25) is 4.79 Å². The van der Waals surface area contributed by atoms with Crippen molar-refractivity contribution in [1.82, 2.24) is 15.1 Å². The van der Waals surface area contributed by atoms with Gasteiger partial charge in [0, 0.05) is 0 Å².